The molecule has 2 N–H and O–H groups in total. The van der Waals surface area contributed by atoms with Gasteiger partial charge in [-0.1, -0.05) is 12.1 Å². The normalized spacial score (nSPS) is 18.6. The Hall–Kier alpha value is -2.67. The van der Waals surface area contributed by atoms with E-state index < -0.39 is 5.97 Å². The van der Waals surface area contributed by atoms with Gasteiger partial charge in [0.05, 0.1) is 17.6 Å². The fourth-order valence-corrected chi connectivity index (χ4v) is 3.51. The van der Waals surface area contributed by atoms with Crippen LogP contribution in [0, 0.1) is 5.92 Å². The predicted molar refractivity (Wildman–Crippen MR) is 91.3 cm³/mol. The first-order valence-electron chi connectivity index (χ1n) is 8.51. The Bertz CT molecular complexity index is 852. The lowest BCUT2D eigenvalue weighted by molar-refractivity contribution is 0.0690. The number of carboxylic acids is 1. The molecule has 1 saturated heterocycles. The van der Waals surface area contributed by atoms with E-state index in [0.29, 0.717) is 18.4 Å². The van der Waals surface area contributed by atoms with Crippen molar-refractivity contribution < 1.29 is 14.3 Å². The van der Waals surface area contributed by atoms with E-state index in [1.807, 2.05) is 24.3 Å². The summed E-state index contributed by atoms with van der Waals surface area (Å²) in [5.41, 5.74) is 2.04. The number of rotatable bonds is 5. The van der Waals surface area contributed by atoms with E-state index >= 15 is 0 Å². The Labute approximate surface area is 144 Å². The summed E-state index contributed by atoms with van der Waals surface area (Å²) in [5, 5.41) is 8.92. The molecule has 1 aliphatic heterocycles. The van der Waals surface area contributed by atoms with Gasteiger partial charge in [-0.2, -0.15) is 0 Å². The summed E-state index contributed by atoms with van der Waals surface area (Å²) in [5.74, 6) is 0.943. The number of benzene rings is 1. The Kier molecular flexibility index (Phi) is 4.23. The van der Waals surface area contributed by atoms with Crippen LogP contribution in [0.25, 0.3) is 11.0 Å². The summed E-state index contributed by atoms with van der Waals surface area (Å²) < 4.78 is 5.27. The van der Waals surface area contributed by atoms with Crippen LogP contribution < -0.4 is 0 Å². The number of hydrogen-bond donors (Lipinski definition) is 2. The SMILES string of the molecule is O=C(O)c1coc(CN2CCCC(Cc3nc4ccccc4[nH]3)C2)n1. The van der Waals surface area contributed by atoms with Gasteiger partial charge in [-0.15, -0.1) is 0 Å². The number of hydrogen-bond acceptors (Lipinski definition) is 5. The van der Waals surface area contributed by atoms with Crippen LogP contribution in [0.3, 0.4) is 0 Å². The van der Waals surface area contributed by atoms with E-state index in [9.17, 15) is 4.79 Å². The highest BCUT2D eigenvalue weighted by atomic mass is 16.4. The van der Waals surface area contributed by atoms with Gasteiger partial charge in [0, 0.05) is 13.0 Å². The number of oxazole rings is 1. The smallest absolute Gasteiger partial charge is 0.357 e. The Morgan fingerprint density at radius 1 is 1.36 bits per heavy atom. The van der Waals surface area contributed by atoms with Gasteiger partial charge in [-0.25, -0.2) is 14.8 Å². The lowest BCUT2D eigenvalue weighted by Gasteiger charge is -2.31. The fraction of sp³-hybridized carbons (Fsp3) is 0.389. The number of likely N-dealkylation sites (tertiary alicyclic amines) is 1. The molecule has 4 rings (SSSR count). The van der Waals surface area contributed by atoms with Crippen molar-refractivity contribution in [3.8, 4) is 0 Å². The second-order valence-corrected chi connectivity index (χ2v) is 6.58. The zero-order valence-corrected chi connectivity index (χ0v) is 13.8. The number of aromatic amines is 1. The molecule has 3 aromatic rings. The number of imidazole rings is 1. The zero-order chi connectivity index (χ0) is 17.2. The number of fused-ring (bicyclic) bond motifs is 1. The van der Waals surface area contributed by atoms with E-state index in [2.05, 4.69) is 19.9 Å². The molecule has 25 heavy (non-hydrogen) atoms. The Morgan fingerprint density at radius 2 is 2.24 bits per heavy atom. The second kappa shape index (κ2) is 6.68. The van der Waals surface area contributed by atoms with Crippen LogP contribution in [0.1, 0.15) is 35.0 Å². The average molecular weight is 340 g/mol. The highest BCUT2D eigenvalue weighted by Crippen LogP contribution is 2.22. The third kappa shape index (κ3) is 3.56. The van der Waals surface area contributed by atoms with Gasteiger partial charge >= 0.3 is 5.97 Å². The molecule has 1 aliphatic rings. The van der Waals surface area contributed by atoms with E-state index in [-0.39, 0.29) is 5.69 Å². The number of aromatic carboxylic acids is 1. The van der Waals surface area contributed by atoms with Gasteiger partial charge < -0.3 is 14.5 Å². The minimum Gasteiger partial charge on any atom is -0.476 e. The lowest BCUT2D eigenvalue weighted by atomic mass is 9.94. The molecule has 130 valence electrons. The quantitative estimate of drug-likeness (QED) is 0.741. The first kappa shape index (κ1) is 15.8. The first-order valence-corrected chi connectivity index (χ1v) is 8.51. The summed E-state index contributed by atoms with van der Waals surface area (Å²) in [4.78, 5) is 25.2. The van der Waals surface area contributed by atoms with Gasteiger partial charge in [0.25, 0.3) is 0 Å². The largest absolute Gasteiger partial charge is 0.476 e. The van der Waals surface area contributed by atoms with Crippen LogP contribution in [0.2, 0.25) is 0 Å². The molecule has 1 fully saturated rings. The van der Waals surface area contributed by atoms with E-state index in [4.69, 9.17) is 9.52 Å². The molecular formula is C18H20N4O3. The van der Waals surface area contributed by atoms with E-state index in [1.165, 1.54) is 12.7 Å². The van der Waals surface area contributed by atoms with E-state index in [1.54, 1.807) is 0 Å². The molecule has 0 amide bonds. The minimum absolute atomic E-state index is 0.0363. The topological polar surface area (TPSA) is 95.2 Å². The number of nitrogens with zero attached hydrogens (tertiary/aromatic N) is 3. The molecule has 1 atom stereocenters. The highest BCUT2D eigenvalue weighted by Gasteiger charge is 2.23. The lowest BCUT2D eigenvalue weighted by Crippen LogP contribution is -2.36. The predicted octanol–water partition coefficient (Wildman–Crippen LogP) is 2.70. The standard InChI is InChI=1S/C18H20N4O3/c23-18(24)15-11-25-17(21-15)10-22-7-3-4-12(9-22)8-16-19-13-5-1-2-6-14(13)20-16/h1-2,5-6,11-12H,3-4,7-10H2,(H,19,20)(H,23,24). The second-order valence-electron chi connectivity index (χ2n) is 6.58. The Balaban J connectivity index is 1.39. The maximum Gasteiger partial charge on any atom is 0.357 e. The van der Waals surface area contributed by atoms with Crippen LogP contribution in [0.15, 0.2) is 34.9 Å². The molecule has 1 aromatic carbocycles. The van der Waals surface area contributed by atoms with Gasteiger partial charge in [-0.3, -0.25) is 4.90 Å². The molecule has 1 unspecified atom stereocenters. The van der Waals surface area contributed by atoms with Crippen molar-refractivity contribution in [2.45, 2.75) is 25.8 Å². The van der Waals surface area contributed by atoms with Crippen LogP contribution in [0.5, 0.6) is 0 Å². The number of carbonyl (C=O) groups is 1. The zero-order valence-electron chi connectivity index (χ0n) is 13.8. The number of para-hydroxylation sites is 2. The van der Waals surface area contributed by atoms with Crippen molar-refractivity contribution in [1.82, 2.24) is 19.9 Å². The van der Waals surface area contributed by atoms with Gasteiger partial charge in [0.15, 0.2) is 5.69 Å². The van der Waals surface area contributed by atoms with Gasteiger partial charge in [0.1, 0.15) is 12.1 Å². The Morgan fingerprint density at radius 3 is 3.04 bits per heavy atom. The molecule has 0 spiro atoms. The first-order chi connectivity index (χ1) is 12.2. The van der Waals surface area contributed by atoms with Crippen LogP contribution in [-0.2, 0) is 13.0 Å². The number of piperidine rings is 1. The third-order valence-corrected chi connectivity index (χ3v) is 4.65. The molecule has 0 radical (unpaired) electrons. The van der Waals surface area contributed by atoms with E-state index in [0.717, 1.165) is 42.8 Å². The number of carboxylic acid groups (broad SMARTS) is 1. The monoisotopic (exact) mass is 340 g/mol. The van der Waals surface area contributed by atoms with Gasteiger partial charge in [0.2, 0.25) is 5.89 Å². The number of H-pyrrole nitrogens is 1. The summed E-state index contributed by atoms with van der Waals surface area (Å²) >= 11 is 0. The molecule has 3 heterocycles. The maximum atomic E-state index is 10.9. The van der Waals surface area contributed by atoms with Crippen molar-refractivity contribution in [2.75, 3.05) is 13.1 Å². The highest BCUT2D eigenvalue weighted by molar-refractivity contribution is 5.84. The minimum atomic E-state index is -1.06. The molecular weight excluding hydrogens is 320 g/mol. The van der Waals surface area contributed by atoms with Crippen LogP contribution >= 0.6 is 0 Å². The average Bonchev–Trinajstić information content (AvgIpc) is 3.21. The molecule has 0 aliphatic carbocycles. The van der Waals surface area contributed by atoms with Crippen LogP contribution in [-0.4, -0.2) is 44.0 Å². The van der Waals surface area contributed by atoms with Crippen LogP contribution in [0.4, 0.5) is 0 Å². The molecule has 7 heteroatoms. The maximum absolute atomic E-state index is 10.9. The van der Waals surface area contributed by atoms with Crippen molar-refractivity contribution >= 4 is 17.0 Å². The fourth-order valence-electron chi connectivity index (χ4n) is 3.51. The number of aromatic nitrogens is 3. The van der Waals surface area contributed by atoms with Crippen molar-refractivity contribution in [1.29, 1.82) is 0 Å². The molecule has 0 saturated carbocycles. The summed E-state index contributed by atoms with van der Waals surface area (Å²) in [7, 11) is 0. The molecule has 7 nitrogen and oxygen atoms in total. The number of nitrogens with one attached hydrogen (secondary N) is 1. The van der Waals surface area contributed by atoms with Gasteiger partial charge in [-0.05, 0) is 37.4 Å². The summed E-state index contributed by atoms with van der Waals surface area (Å²) in [6, 6.07) is 8.07. The van der Waals surface area contributed by atoms with Crippen molar-refractivity contribution in [3.05, 3.63) is 47.9 Å². The third-order valence-electron chi connectivity index (χ3n) is 4.65. The summed E-state index contributed by atoms with van der Waals surface area (Å²) in [6.07, 6.45) is 4.39. The molecule has 2 aromatic heterocycles. The van der Waals surface area contributed by atoms with Crippen molar-refractivity contribution in [3.63, 3.8) is 0 Å². The van der Waals surface area contributed by atoms with Crippen molar-refractivity contribution in [2.24, 2.45) is 5.92 Å². The molecule has 0 bridgehead atoms. The summed E-state index contributed by atoms with van der Waals surface area (Å²) in [6.45, 7) is 2.45.